The maximum absolute atomic E-state index is 12.5. The van der Waals surface area contributed by atoms with Crippen molar-refractivity contribution >= 4 is 22.8 Å². The maximum Gasteiger partial charge on any atom is 0.311 e. The van der Waals surface area contributed by atoms with Crippen LogP contribution in [0.1, 0.15) is 30.1 Å². The van der Waals surface area contributed by atoms with Crippen LogP contribution in [0.2, 0.25) is 0 Å². The monoisotopic (exact) mass is 365 g/mol. The lowest BCUT2D eigenvalue weighted by Gasteiger charge is -2.18. The number of phenolic OH excluding ortho intramolecular Hbond substituents is 1. The first-order chi connectivity index (χ1) is 13.1. The first-order valence-electron chi connectivity index (χ1n) is 8.84. The van der Waals surface area contributed by atoms with Crippen molar-refractivity contribution in [2.24, 2.45) is 0 Å². The van der Waals surface area contributed by atoms with Gasteiger partial charge in [0, 0.05) is 28.6 Å². The number of carbonyl (C=O) groups is 2. The summed E-state index contributed by atoms with van der Waals surface area (Å²) in [6.07, 6.45) is 2.36. The number of ether oxygens (including phenoxy) is 1. The molecule has 1 aromatic heterocycles. The summed E-state index contributed by atoms with van der Waals surface area (Å²) in [5, 5.41) is 13.1. The number of fused-ring (bicyclic) bond motifs is 1. The predicted octanol–water partition coefficient (Wildman–Crippen LogP) is 3.24. The highest BCUT2D eigenvalue weighted by atomic mass is 16.5. The molecule has 1 atom stereocenters. The number of phenols is 1. The van der Waals surface area contributed by atoms with Gasteiger partial charge in [-0.15, -0.1) is 0 Å². The Balaban J connectivity index is 1.51. The fourth-order valence-electron chi connectivity index (χ4n) is 2.94. The Hall–Kier alpha value is -3.28. The molecule has 27 heavy (non-hydrogen) atoms. The zero-order valence-electron chi connectivity index (χ0n) is 14.6. The average Bonchev–Trinajstić information content (AvgIpc) is 3.40. The number of nitrogens with one attached hydrogen (secondary N) is 1. The van der Waals surface area contributed by atoms with Gasteiger partial charge < -0.3 is 19.6 Å². The standard InChI is InChI=1S/C21H19NO5/c23-16-8-9-17-14(12-26-18(17)11-16)10-19(24)27-20(13-4-2-1-3-5-13)21(25)22-15-6-7-15/h1-5,8-9,11-12,15,20,23H,6-7,10H2,(H,22,25)/t20-/m1/s1. The van der Waals surface area contributed by atoms with E-state index in [4.69, 9.17) is 9.15 Å². The van der Waals surface area contributed by atoms with Crippen LogP contribution in [0.15, 0.2) is 59.2 Å². The van der Waals surface area contributed by atoms with Crippen LogP contribution in [-0.2, 0) is 20.7 Å². The number of rotatable bonds is 6. The fourth-order valence-corrected chi connectivity index (χ4v) is 2.94. The van der Waals surface area contributed by atoms with Crippen LogP contribution >= 0.6 is 0 Å². The first-order valence-corrected chi connectivity index (χ1v) is 8.84. The number of hydrogen-bond donors (Lipinski definition) is 2. The van der Waals surface area contributed by atoms with Gasteiger partial charge in [-0.2, -0.15) is 0 Å². The van der Waals surface area contributed by atoms with Gasteiger partial charge in [0.1, 0.15) is 11.3 Å². The summed E-state index contributed by atoms with van der Waals surface area (Å²) in [5.74, 6) is -0.739. The van der Waals surface area contributed by atoms with Crippen molar-refractivity contribution in [3.8, 4) is 5.75 Å². The second-order valence-corrected chi connectivity index (χ2v) is 6.68. The highest BCUT2D eigenvalue weighted by molar-refractivity contribution is 5.89. The lowest BCUT2D eigenvalue weighted by atomic mass is 10.1. The van der Waals surface area contributed by atoms with Crippen molar-refractivity contribution < 1.29 is 23.8 Å². The topological polar surface area (TPSA) is 88.8 Å². The molecule has 2 N–H and O–H groups in total. The normalized spacial score (nSPS) is 14.7. The van der Waals surface area contributed by atoms with Gasteiger partial charge in [0.05, 0.1) is 12.7 Å². The molecule has 1 fully saturated rings. The highest BCUT2D eigenvalue weighted by Crippen LogP contribution is 2.27. The number of hydrogen-bond acceptors (Lipinski definition) is 5. The van der Waals surface area contributed by atoms with Crippen molar-refractivity contribution in [1.29, 1.82) is 0 Å². The van der Waals surface area contributed by atoms with Crippen LogP contribution < -0.4 is 5.32 Å². The van der Waals surface area contributed by atoms with Gasteiger partial charge in [0.15, 0.2) is 0 Å². The summed E-state index contributed by atoms with van der Waals surface area (Å²) in [7, 11) is 0. The Morgan fingerprint density at radius 3 is 2.70 bits per heavy atom. The molecule has 0 aliphatic heterocycles. The SMILES string of the molecule is O=C(Cc1coc2cc(O)ccc12)O[C@@H](C(=O)NC1CC1)c1ccccc1. The quantitative estimate of drug-likeness (QED) is 0.655. The van der Waals surface area contributed by atoms with Crippen molar-refractivity contribution in [3.05, 3.63) is 65.9 Å². The number of amides is 1. The Morgan fingerprint density at radius 2 is 1.96 bits per heavy atom. The van der Waals surface area contributed by atoms with Crippen molar-refractivity contribution in [3.63, 3.8) is 0 Å². The summed E-state index contributed by atoms with van der Waals surface area (Å²) in [6.45, 7) is 0. The van der Waals surface area contributed by atoms with E-state index in [2.05, 4.69) is 5.32 Å². The number of aromatic hydroxyl groups is 1. The van der Waals surface area contributed by atoms with E-state index in [1.165, 1.54) is 18.4 Å². The van der Waals surface area contributed by atoms with Gasteiger partial charge in [0.25, 0.3) is 5.91 Å². The van der Waals surface area contributed by atoms with E-state index in [1.807, 2.05) is 6.07 Å². The Morgan fingerprint density at radius 1 is 1.19 bits per heavy atom. The lowest BCUT2D eigenvalue weighted by Crippen LogP contribution is -2.33. The summed E-state index contributed by atoms with van der Waals surface area (Å²) < 4.78 is 10.9. The van der Waals surface area contributed by atoms with Gasteiger partial charge in [-0.1, -0.05) is 30.3 Å². The zero-order valence-corrected chi connectivity index (χ0v) is 14.6. The van der Waals surface area contributed by atoms with Crippen molar-refractivity contribution in [2.75, 3.05) is 0 Å². The van der Waals surface area contributed by atoms with Gasteiger partial charge in [-0.25, -0.2) is 0 Å². The number of benzene rings is 2. The second-order valence-electron chi connectivity index (χ2n) is 6.68. The van der Waals surface area contributed by atoms with Gasteiger partial charge >= 0.3 is 5.97 Å². The molecule has 1 aliphatic rings. The van der Waals surface area contributed by atoms with E-state index in [-0.39, 0.29) is 24.1 Å². The maximum atomic E-state index is 12.5. The molecule has 0 saturated heterocycles. The second kappa shape index (κ2) is 7.15. The van der Waals surface area contributed by atoms with Crippen molar-refractivity contribution in [2.45, 2.75) is 31.4 Å². The van der Waals surface area contributed by atoms with Crippen LogP contribution in [0, 0.1) is 0 Å². The van der Waals surface area contributed by atoms with Gasteiger partial charge in [0.2, 0.25) is 6.10 Å². The smallest absolute Gasteiger partial charge is 0.311 e. The van der Waals surface area contributed by atoms with Crippen LogP contribution in [0.25, 0.3) is 11.0 Å². The number of furan rings is 1. The molecule has 138 valence electrons. The zero-order chi connectivity index (χ0) is 18.8. The molecule has 1 amide bonds. The summed E-state index contributed by atoms with van der Waals surface area (Å²) >= 11 is 0. The summed E-state index contributed by atoms with van der Waals surface area (Å²) in [5.41, 5.74) is 1.76. The first kappa shape index (κ1) is 17.1. The minimum absolute atomic E-state index is 0.0299. The molecule has 3 aromatic rings. The van der Waals surface area contributed by atoms with Crippen LogP contribution in [-0.4, -0.2) is 23.0 Å². The van der Waals surface area contributed by atoms with E-state index in [9.17, 15) is 14.7 Å². The van der Waals surface area contributed by atoms with Crippen LogP contribution in [0.3, 0.4) is 0 Å². The fraction of sp³-hybridized carbons (Fsp3) is 0.238. The van der Waals surface area contributed by atoms with Crippen LogP contribution in [0.4, 0.5) is 0 Å². The molecule has 0 bridgehead atoms. The lowest BCUT2D eigenvalue weighted by molar-refractivity contribution is -0.155. The minimum atomic E-state index is -0.985. The van der Waals surface area contributed by atoms with E-state index in [0.717, 1.165) is 18.2 Å². The summed E-state index contributed by atoms with van der Waals surface area (Å²) in [4.78, 5) is 25.1. The molecule has 0 unspecified atom stereocenters. The molecular weight excluding hydrogens is 346 g/mol. The largest absolute Gasteiger partial charge is 0.508 e. The number of carbonyl (C=O) groups excluding carboxylic acids is 2. The average molecular weight is 365 g/mol. The molecule has 6 heteroatoms. The molecule has 1 aliphatic carbocycles. The third kappa shape index (κ3) is 3.95. The van der Waals surface area contributed by atoms with Gasteiger partial charge in [-0.05, 0) is 25.0 Å². The predicted molar refractivity (Wildman–Crippen MR) is 98.0 cm³/mol. The molecule has 2 aromatic carbocycles. The van der Waals surface area contributed by atoms with Gasteiger partial charge in [-0.3, -0.25) is 9.59 Å². The Labute approximate surface area is 155 Å². The number of esters is 1. The van der Waals surface area contributed by atoms with Crippen LogP contribution in [0.5, 0.6) is 5.75 Å². The molecular formula is C21H19NO5. The Bertz CT molecular complexity index is 975. The summed E-state index contributed by atoms with van der Waals surface area (Å²) in [6, 6.07) is 13.9. The molecule has 1 saturated carbocycles. The van der Waals surface area contributed by atoms with E-state index in [1.54, 1.807) is 30.3 Å². The Kier molecular flexibility index (Phi) is 4.54. The van der Waals surface area contributed by atoms with Crippen molar-refractivity contribution in [1.82, 2.24) is 5.32 Å². The molecule has 1 heterocycles. The third-order valence-corrected chi connectivity index (χ3v) is 4.49. The van der Waals surface area contributed by atoms with E-state index in [0.29, 0.717) is 16.7 Å². The minimum Gasteiger partial charge on any atom is -0.508 e. The molecule has 4 rings (SSSR count). The molecule has 6 nitrogen and oxygen atoms in total. The molecule has 0 spiro atoms. The molecule has 0 radical (unpaired) electrons. The third-order valence-electron chi connectivity index (χ3n) is 4.49. The highest BCUT2D eigenvalue weighted by Gasteiger charge is 2.31. The van der Waals surface area contributed by atoms with E-state index < -0.39 is 12.1 Å². The van der Waals surface area contributed by atoms with E-state index >= 15 is 0 Å².